The summed E-state index contributed by atoms with van der Waals surface area (Å²) in [7, 11) is -1.03. The van der Waals surface area contributed by atoms with Crippen LogP contribution >= 0.6 is 0 Å². The van der Waals surface area contributed by atoms with Crippen LogP contribution in [0.3, 0.4) is 0 Å². The fourth-order valence-electron chi connectivity index (χ4n) is 2.16. The summed E-state index contributed by atoms with van der Waals surface area (Å²) in [5.41, 5.74) is 2.90. The lowest BCUT2D eigenvalue weighted by molar-refractivity contribution is 0.0712. The van der Waals surface area contributed by atoms with Gasteiger partial charge in [-0.1, -0.05) is 25.7 Å². The second-order valence-corrected chi connectivity index (χ2v) is 10.2. The van der Waals surface area contributed by atoms with Crippen LogP contribution in [0.2, 0.25) is 25.2 Å². The third kappa shape index (κ3) is 4.27. The van der Waals surface area contributed by atoms with E-state index in [1.807, 2.05) is 0 Å². The number of allylic oxidation sites excluding steroid dienone is 1. The Hall–Kier alpha value is -0.303. The van der Waals surface area contributed by atoms with Crippen molar-refractivity contribution in [1.82, 2.24) is 0 Å². The van der Waals surface area contributed by atoms with E-state index in [9.17, 15) is 0 Å². The smallest absolute Gasteiger partial charge is 0.0520 e. The molecule has 80 valence electrons. The van der Waals surface area contributed by atoms with Gasteiger partial charge in [0.15, 0.2) is 0 Å². The van der Waals surface area contributed by atoms with Crippen LogP contribution in [-0.4, -0.2) is 21.3 Å². The van der Waals surface area contributed by atoms with Crippen LogP contribution < -0.4 is 0 Å². The molecule has 0 radical (unpaired) electrons. The molecule has 14 heavy (non-hydrogen) atoms. The highest BCUT2D eigenvalue weighted by molar-refractivity contribution is 6.77. The monoisotopic (exact) mass is 210 g/mol. The number of hydrogen-bond donors (Lipinski definition) is 0. The highest BCUT2D eigenvalue weighted by Gasteiger charge is 2.25. The number of rotatable bonds is 4. The summed E-state index contributed by atoms with van der Waals surface area (Å²) in [6.45, 7) is 10.5. The van der Waals surface area contributed by atoms with E-state index >= 15 is 0 Å². The highest BCUT2D eigenvalue weighted by atomic mass is 28.3. The van der Waals surface area contributed by atoms with Crippen LogP contribution in [0.15, 0.2) is 18.4 Å². The number of hydrogen-bond acceptors (Lipinski definition) is 1. The minimum atomic E-state index is -1.03. The Morgan fingerprint density at radius 1 is 1.43 bits per heavy atom. The first-order valence-electron chi connectivity index (χ1n) is 5.56. The Morgan fingerprint density at radius 2 is 2.07 bits per heavy atom. The lowest BCUT2D eigenvalue weighted by Gasteiger charge is -2.29. The molecule has 1 aliphatic heterocycles. The van der Waals surface area contributed by atoms with Crippen molar-refractivity contribution in [2.75, 3.05) is 13.2 Å². The molecule has 0 unspecified atom stereocenters. The molecule has 1 heterocycles. The van der Waals surface area contributed by atoms with Gasteiger partial charge >= 0.3 is 0 Å². The SMILES string of the molecule is C=C=CC[Si](C)(C)CC1CCOCC1. The van der Waals surface area contributed by atoms with E-state index in [2.05, 4.69) is 31.5 Å². The van der Waals surface area contributed by atoms with Crippen LogP contribution in [0.25, 0.3) is 0 Å². The molecule has 0 spiro atoms. The van der Waals surface area contributed by atoms with Gasteiger partial charge in [-0.05, 0) is 30.9 Å². The average Bonchev–Trinajstić information content (AvgIpc) is 2.16. The van der Waals surface area contributed by atoms with Gasteiger partial charge in [-0.25, -0.2) is 0 Å². The minimum Gasteiger partial charge on any atom is -0.381 e. The van der Waals surface area contributed by atoms with Crippen molar-refractivity contribution in [1.29, 1.82) is 0 Å². The average molecular weight is 210 g/mol. The summed E-state index contributed by atoms with van der Waals surface area (Å²) < 4.78 is 5.38. The summed E-state index contributed by atoms with van der Waals surface area (Å²) in [4.78, 5) is 0. The lowest BCUT2D eigenvalue weighted by atomic mass is 10.0. The lowest BCUT2D eigenvalue weighted by Crippen LogP contribution is -2.30. The Balaban J connectivity index is 2.35. The van der Waals surface area contributed by atoms with Gasteiger partial charge in [-0.2, -0.15) is 0 Å². The van der Waals surface area contributed by atoms with Crippen molar-refractivity contribution in [3.8, 4) is 0 Å². The predicted octanol–water partition coefficient (Wildman–Crippen LogP) is 3.46. The molecular weight excluding hydrogens is 188 g/mol. The first kappa shape index (κ1) is 11.8. The van der Waals surface area contributed by atoms with E-state index in [4.69, 9.17) is 4.74 Å². The molecule has 1 aliphatic rings. The molecule has 2 heteroatoms. The Bertz CT molecular complexity index is 210. The molecule has 0 saturated carbocycles. The van der Waals surface area contributed by atoms with Crippen LogP contribution in [0.4, 0.5) is 0 Å². The Morgan fingerprint density at radius 3 is 2.64 bits per heavy atom. The van der Waals surface area contributed by atoms with Gasteiger partial charge in [0.2, 0.25) is 0 Å². The largest absolute Gasteiger partial charge is 0.381 e. The fourth-order valence-corrected chi connectivity index (χ4v) is 5.00. The Kier molecular flexibility index (Phi) is 4.66. The maximum atomic E-state index is 5.38. The van der Waals surface area contributed by atoms with Gasteiger partial charge in [-0.3, -0.25) is 0 Å². The maximum absolute atomic E-state index is 5.38. The number of ether oxygens (including phenoxy) is 1. The fraction of sp³-hybridized carbons (Fsp3) is 0.750. The molecule has 0 atom stereocenters. The van der Waals surface area contributed by atoms with E-state index in [0.29, 0.717) is 0 Å². The van der Waals surface area contributed by atoms with Crippen molar-refractivity contribution in [3.05, 3.63) is 18.4 Å². The van der Waals surface area contributed by atoms with Crippen molar-refractivity contribution in [3.63, 3.8) is 0 Å². The Labute approximate surface area is 88.9 Å². The molecule has 0 aromatic carbocycles. The van der Waals surface area contributed by atoms with Crippen LogP contribution in [0.5, 0.6) is 0 Å². The van der Waals surface area contributed by atoms with E-state index in [-0.39, 0.29) is 0 Å². The summed E-state index contributed by atoms with van der Waals surface area (Å²) in [5, 5.41) is 0. The standard InChI is InChI=1S/C12H22OSi/c1-4-5-10-14(2,3)11-12-6-8-13-9-7-12/h5,12H,1,6-11H2,2-3H3. The molecule has 0 aromatic heterocycles. The van der Waals surface area contributed by atoms with E-state index in [1.165, 1.54) is 24.9 Å². The molecule has 0 N–H and O–H groups in total. The summed E-state index contributed by atoms with van der Waals surface area (Å²) in [6.07, 6.45) is 4.66. The molecule has 0 bridgehead atoms. The molecule has 0 amide bonds. The molecule has 1 rings (SSSR count). The first-order chi connectivity index (χ1) is 6.64. The van der Waals surface area contributed by atoms with Crippen LogP contribution in [-0.2, 0) is 4.74 Å². The van der Waals surface area contributed by atoms with E-state index in [1.54, 1.807) is 0 Å². The van der Waals surface area contributed by atoms with Gasteiger partial charge in [0.05, 0.1) is 8.07 Å². The van der Waals surface area contributed by atoms with Crippen molar-refractivity contribution in [2.45, 2.75) is 38.0 Å². The van der Waals surface area contributed by atoms with Gasteiger partial charge in [0, 0.05) is 13.2 Å². The third-order valence-electron chi connectivity index (χ3n) is 2.98. The highest BCUT2D eigenvalue weighted by Crippen LogP contribution is 2.28. The molecule has 1 saturated heterocycles. The summed E-state index contributed by atoms with van der Waals surface area (Å²) in [6, 6.07) is 2.67. The topological polar surface area (TPSA) is 9.23 Å². The maximum Gasteiger partial charge on any atom is 0.0520 e. The molecule has 0 aromatic rings. The van der Waals surface area contributed by atoms with Gasteiger partial charge < -0.3 is 4.74 Å². The van der Waals surface area contributed by atoms with E-state index < -0.39 is 8.07 Å². The summed E-state index contributed by atoms with van der Waals surface area (Å²) >= 11 is 0. The molecule has 0 aliphatic carbocycles. The zero-order valence-electron chi connectivity index (χ0n) is 9.51. The van der Waals surface area contributed by atoms with Crippen molar-refractivity contribution >= 4 is 8.07 Å². The second-order valence-electron chi connectivity index (χ2n) is 5.04. The van der Waals surface area contributed by atoms with Gasteiger partial charge in [-0.15, -0.1) is 5.73 Å². The normalized spacial score (nSPS) is 19.0. The zero-order chi connectivity index (χ0) is 10.4. The first-order valence-corrected chi connectivity index (χ1v) is 8.97. The quantitative estimate of drug-likeness (QED) is 0.510. The predicted molar refractivity (Wildman–Crippen MR) is 64.3 cm³/mol. The van der Waals surface area contributed by atoms with Gasteiger partial charge in [0.1, 0.15) is 0 Å². The molecular formula is C12H22OSi. The third-order valence-corrected chi connectivity index (χ3v) is 5.97. The zero-order valence-corrected chi connectivity index (χ0v) is 10.5. The van der Waals surface area contributed by atoms with Crippen LogP contribution in [0.1, 0.15) is 12.8 Å². The molecule has 1 fully saturated rings. The van der Waals surface area contributed by atoms with E-state index in [0.717, 1.165) is 19.1 Å². The minimum absolute atomic E-state index is 0.920. The van der Waals surface area contributed by atoms with Crippen molar-refractivity contribution < 1.29 is 4.74 Å². The van der Waals surface area contributed by atoms with Gasteiger partial charge in [0.25, 0.3) is 0 Å². The second kappa shape index (κ2) is 5.55. The summed E-state index contributed by atoms with van der Waals surface area (Å²) in [5.74, 6) is 0.920. The van der Waals surface area contributed by atoms with Crippen LogP contribution in [0, 0.1) is 5.92 Å². The molecule has 1 nitrogen and oxygen atoms in total. The van der Waals surface area contributed by atoms with Crippen molar-refractivity contribution in [2.24, 2.45) is 5.92 Å².